The minimum absolute atomic E-state index is 0.0499. The van der Waals surface area contributed by atoms with E-state index in [9.17, 15) is 22.4 Å². The van der Waals surface area contributed by atoms with Gasteiger partial charge in [-0.2, -0.15) is 0 Å². The Bertz CT molecular complexity index is 1700. The second-order valence-electron chi connectivity index (χ2n) is 9.93. The van der Waals surface area contributed by atoms with Gasteiger partial charge in [0.15, 0.2) is 0 Å². The number of rotatable bonds is 13. The number of nitrogens with one attached hydrogen (secondary N) is 1. The van der Waals surface area contributed by atoms with Crippen molar-refractivity contribution in [3.8, 4) is 5.75 Å². The van der Waals surface area contributed by atoms with Gasteiger partial charge in [-0.15, -0.1) is 0 Å². The van der Waals surface area contributed by atoms with Gasteiger partial charge in [-0.3, -0.25) is 13.9 Å². The van der Waals surface area contributed by atoms with Crippen LogP contribution in [-0.2, 0) is 32.6 Å². The molecule has 12 heteroatoms. The molecule has 1 N–H and O–H groups in total. The van der Waals surface area contributed by atoms with Crippen molar-refractivity contribution in [1.82, 2.24) is 10.2 Å². The van der Waals surface area contributed by atoms with Crippen LogP contribution in [0.5, 0.6) is 5.75 Å². The molecule has 4 aromatic carbocycles. The molecular weight excluding hydrogens is 640 g/mol. The van der Waals surface area contributed by atoms with Crippen LogP contribution in [0.4, 0.5) is 10.1 Å². The van der Waals surface area contributed by atoms with Gasteiger partial charge < -0.3 is 15.0 Å². The summed E-state index contributed by atoms with van der Waals surface area (Å²) in [5.74, 6) is -1.30. The van der Waals surface area contributed by atoms with Crippen LogP contribution in [-0.4, -0.2) is 51.4 Å². The Kier molecular flexibility index (Phi) is 11.4. The lowest BCUT2D eigenvalue weighted by Crippen LogP contribution is -2.53. The Morgan fingerprint density at radius 2 is 1.51 bits per heavy atom. The van der Waals surface area contributed by atoms with E-state index in [1.165, 1.54) is 48.3 Å². The summed E-state index contributed by atoms with van der Waals surface area (Å²) in [7, 11) is -2.92. The summed E-state index contributed by atoms with van der Waals surface area (Å²) in [6.45, 7) is 1.29. The minimum atomic E-state index is -4.37. The Labute approximate surface area is 272 Å². The zero-order valence-electron chi connectivity index (χ0n) is 24.6. The highest BCUT2D eigenvalue weighted by molar-refractivity contribution is 7.92. The predicted octanol–water partition coefficient (Wildman–Crippen LogP) is 6.11. The molecular formula is C33H32Cl2FN3O5S. The maximum absolute atomic E-state index is 14.3. The van der Waals surface area contributed by atoms with Crippen LogP contribution in [0.15, 0.2) is 102 Å². The number of nitrogens with zero attached hydrogens (tertiary/aromatic N) is 2. The summed E-state index contributed by atoms with van der Waals surface area (Å²) in [5, 5.41) is 3.16. The normalized spacial score (nSPS) is 11.8. The van der Waals surface area contributed by atoms with Crippen molar-refractivity contribution in [2.75, 3.05) is 24.5 Å². The van der Waals surface area contributed by atoms with Gasteiger partial charge >= 0.3 is 0 Å². The lowest BCUT2D eigenvalue weighted by Gasteiger charge is -2.34. The van der Waals surface area contributed by atoms with Gasteiger partial charge in [-0.05, 0) is 73.2 Å². The maximum Gasteiger partial charge on any atom is 0.264 e. The minimum Gasteiger partial charge on any atom is -0.494 e. The van der Waals surface area contributed by atoms with E-state index < -0.39 is 40.2 Å². The first-order chi connectivity index (χ1) is 21.5. The van der Waals surface area contributed by atoms with Crippen molar-refractivity contribution >= 4 is 50.7 Å². The second kappa shape index (κ2) is 15.2. The smallest absolute Gasteiger partial charge is 0.264 e. The molecule has 8 nitrogen and oxygen atoms in total. The number of sulfonamides is 1. The van der Waals surface area contributed by atoms with Gasteiger partial charge in [-0.1, -0.05) is 59.6 Å². The van der Waals surface area contributed by atoms with Crippen LogP contribution < -0.4 is 14.4 Å². The monoisotopic (exact) mass is 671 g/mol. The van der Waals surface area contributed by atoms with Crippen LogP contribution in [0, 0.1) is 5.82 Å². The highest BCUT2D eigenvalue weighted by atomic mass is 35.5. The van der Waals surface area contributed by atoms with Gasteiger partial charge in [-0.25, -0.2) is 12.8 Å². The molecule has 0 unspecified atom stereocenters. The fourth-order valence-corrected chi connectivity index (χ4v) is 6.64. The molecule has 2 amide bonds. The molecule has 0 heterocycles. The average molecular weight is 673 g/mol. The maximum atomic E-state index is 14.3. The number of hydrogen-bond donors (Lipinski definition) is 1. The average Bonchev–Trinajstić information content (AvgIpc) is 3.03. The third kappa shape index (κ3) is 8.33. The van der Waals surface area contributed by atoms with Crippen molar-refractivity contribution in [2.45, 2.75) is 30.8 Å². The topological polar surface area (TPSA) is 96.0 Å². The number of carbonyl (C=O) groups excluding carboxylic acids is 2. The summed E-state index contributed by atoms with van der Waals surface area (Å²) >= 11 is 13.0. The molecule has 0 fully saturated rings. The Hall–Kier alpha value is -4.12. The van der Waals surface area contributed by atoms with E-state index in [4.69, 9.17) is 27.9 Å². The molecule has 0 aromatic heterocycles. The molecule has 0 spiro atoms. The number of ether oxygens (including phenoxy) is 1. The van der Waals surface area contributed by atoms with Crippen molar-refractivity contribution in [3.05, 3.63) is 124 Å². The van der Waals surface area contributed by atoms with E-state index in [-0.39, 0.29) is 33.6 Å². The zero-order chi connectivity index (χ0) is 32.6. The van der Waals surface area contributed by atoms with E-state index >= 15 is 0 Å². The van der Waals surface area contributed by atoms with Crippen molar-refractivity contribution in [3.63, 3.8) is 0 Å². The lowest BCUT2D eigenvalue weighted by atomic mass is 10.0. The zero-order valence-corrected chi connectivity index (χ0v) is 26.9. The Morgan fingerprint density at radius 3 is 2.09 bits per heavy atom. The summed E-state index contributed by atoms with van der Waals surface area (Å²) in [4.78, 5) is 28.9. The van der Waals surface area contributed by atoms with Gasteiger partial charge in [0.1, 0.15) is 24.2 Å². The number of hydrogen-bond acceptors (Lipinski definition) is 5. The number of benzene rings is 4. The summed E-state index contributed by atoms with van der Waals surface area (Å²) in [5.41, 5.74) is 1.21. The number of likely N-dealkylation sites (N-methyl/N-ethyl adjacent to an activating group) is 1. The Balaban J connectivity index is 1.80. The van der Waals surface area contributed by atoms with E-state index in [0.29, 0.717) is 17.9 Å². The second-order valence-corrected chi connectivity index (χ2v) is 12.6. The fraction of sp³-hybridized carbons (Fsp3) is 0.212. The molecule has 45 heavy (non-hydrogen) atoms. The van der Waals surface area contributed by atoms with E-state index in [1.54, 1.807) is 25.1 Å². The molecule has 0 bridgehead atoms. The number of carbonyl (C=O) groups is 2. The molecule has 4 aromatic rings. The van der Waals surface area contributed by atoms with Crippen LogP contribution in [0.2, 0.25) is 10.0 Å². The molecule has 0 aliphatic carbocycles. The third-order valence-electron chi connectivity index (χ3n) is 7.02. The molecule has 1 atom stereocenters. The fourth-order valence-electron chi connectivity index (χ4n) is 4.71. The SMILES string of the molecule is CCOc1ccc(S(=O)(=O)N(CC(=O)N(Cc2c(Cl)cccc2Cl)[C@H](Cc2ccccc2)C(=O)NC)c2ccc(F)cc2)cc1. The van der Waals surface area contributed by atoms with Gasteiger partial charge in [0.05, 0.1) is 17.2 Å². The van der Waals surface area contributed by atoms with Crippen molar-refractivity contribution in [2.24, 2.45) is 0 Å². The number of anilines is 1. The summed E-state index contributed by atoms with van der Waals surface area (Å²) in [6, 6.07) is 23.4. The van der Waals surface area contributed by atoms with Crippen LogP contribution >= 0.6 is 23.2 Å². The summed E-state index contributed by atoms with van der Waals surface area (Å²) < 4.78 is 48.4. The van der Waals surface area contributed by atoms with E-state index in [0.717, 1.165) is 22.0 Å². The quantitative estimate of drug-likeness (QED) is 0.185. The predicted molar refractivity (Wildman–Crippen MR) is 174 cm³/mol. The molecule has 4 rings (SSSR count). The van der Waals surface area contributed by atoms with Gasteiger partial charge in [0.2, 0.25) is 11.8 Å². The Morgan fingerprint density at radius 1 is 0.889 bits per heavy atom. The first-order valence-electron chi connectivity index (χ1n) is 14.0. The molecule has 0 aliphatic heterocycles. The van der Waals surface area contributed by atoms with Gasteiger partial charge in [0, 0.05) is 35.6 Å². The first-order valence-corrected chi connectivity index (χ1v) is 16.2. The molecule has 0 saturated carbocycles. The molecule has 236 valence electrons. The lowest BCUT2D eigenvalue weighted by molar-refractivity contribution is -0.139. The van der Waals surface area contributed by atoms with Crippen LogP contribution in [0.3, 0.4) is 0 Å². The standard InChI is InChI=1S/C33H32Cl2FN3O5S/c1-3-44-26-16-18-27(19-17-26)45(42,43)39(25-14-12-24(36)13-15-25)22-32(40)38(21-28-29(34)10-7-11-30(28)35)31(33(41)37-2)20-23-8-5-4-6-9-23/h4-19,31H,3,20-22H2,1-2H3,(H,37,41)/t31-/m1/s1. The highest BCUT2D eigenvalue weighted by Crippen LogP contribution is 2.29. The molecule has 0 saturated heterocycles. The molecule has 0 radical (unpaired) electrons. The van der Waals surface area contributed by atoms with Crippen molar-refractivity contribution < 1.29 is 27.1 Å². The van der Waals surface area contributed by atoms with E-state index in [2.05, 4.69) is 5.32 Å². The van der Waals surface area contributed by atoms with Crippen LogP contribution in [0.25, 0.3) is 0 Å². The van der Waals surface area contributed by atoms with Crippen molar-refractivity contribution in [1.29, 1.82) is 0 Å². The molecule has 0 aliphatic rings. The number of amides is 2. The highest BCUT2D eigenvalue weighted by Gasteiger charge is 2.35. The van der Waals surface area contributed by atoms with Gasteiger partial charge in [0.25, 0.3) is 10.0 Å². The third-order valence-corrected chi connectivity index (χ3v) is 9.52. The first kappa shape index (κ1) is 33.8. The summed E-state index contributed by atoms with van der Waals surface area (Å²) in [6.07, 6.45) is 0.122. The number of halogens is 3. The van der Waals surface area contributed by atoms with Crippen LogP contribution in [0.1, 0.15) is 18.1 Å². The van der Waals surface area contributed by atoms with E-state index in [1.807, 2.05) is 30.3 Å². The largest absolute Gasteiger partial charge is 0.494 e.